The lowest BCUT2D eigenvalue weighted by Gasteiger charge is -2.05. The van der Waals surface area contributed by atoms with E-state index in [4.69, 9.17) is 16.0 Å². The minimum atomic E-state index is -0.822. The minimum Gasteiger partial charge on any atom is -0.457 e. The van der Waals surface area contributed by atoms with E-state index in [0.29, 0.717) is 15.7 Å². The van der Waals surface area contributed by atoms with Crippen molar-refractivity contribution >= 4 is 49.8 Å². The van der Waals surface area contributed by atoms with E-state index < -0.39 is 6.10 Å². The van der Waals surface area contributed by atoms with Crippen molar-refractivity contribution in [2.24, 2.45) is 0 Å². The van der Waals surface area contributed by atoms with E-state index in [-0.39, 0.29) is 0 Å². The fourth-order valence-electron chi connectivity index (χ4n) is 1.81. The number of thiophene rings is 1. The van der Waals surface area contributed by atoms with E-state index in [0.717, 1.165) is 15.4 Å². The van der Waals surface area contributed by atoms with Crippen LogP contribution in [0.1, 0.15) is 16.7 Å². The number of para-hydroxylation sites is 1. The quantitative estimate of drug-likeness (QED) is 0.711. The Hall–Kier alpha value is -0.810. The van der Waals surface area contributed by atoms with Crippen LogP contribution < -0.4 is 0 Å². The van der Waals surface area contributed by atoms with Crippen LogP contribution in [0.15, 0.2) is 44.6 Å². The van der Waals surface area contributed by atoms with Crippen LogP contribution in [0.3, 0.4) is 0 Å². The Morgan fingerprint density at radius 2 is 2.17 bits per heavy atom. The third-order valence-electron chi connectivity index (χ3n) is 2.68. The van der Waals surface area contributed by atoms with Crippen molar-refractivity contribution in [3.63, 3.8) is 0 Å². The molecule has 0 saturated carbocycles. The molecule has 18 heavy (non-hydrogen) atoms. The van der Waals surface area contributed by atoms with Gasteiger partial charge in [-0.05, 0) is 39.5 Å². The standard InChI is InChI=1S/C13H8BrClO2S/c14-8-3-1-2-7-6-10(17-12(7)8)11(16)13-9(15)4-5-18-13/h1-6,11,16H. The SMILES string of the molecule is OC(c1cc2cccc(Br)c2o1)c1sccc1Cl. The lowest BCUT2D eigenvalue weighted by Crippen LogP contribution is -1.95. The third kappa shape index (κ3) is 1.99. The molecule has 2 nitrogen and oxygen atoms in total. The van der Waals surface area contributed by atoms with Gasteiger partial charge in [0.05, 0.1) is 14.4 Å². The Balaban J connectivity index is 2.10. The highest BCUT2D eigenvalue weighted by Gasteiger charge is 2.20. The molecule has 3 rings (SSSR count). The van der Waals surface area contributed by atoms with E-state index in [9.17, 15) is 5.11 Å². The molecule has 0 saturated heterocycles. The second-order valence-corrected chi connectivity index (χ2v) is 6.05. The first-order valence-electron chi connectivity index (χ1n) is 5.25. The molecular weight excluding hydrogens is 336 g/mol. The molecule has 2 heterocycles. The smallest absolute Gasteiger partial charge is 0.148 e. The maximum absolute atomic E-state index is 10.3. The summed E-state index contributed by atoms with van der Waals surface area (Å²) in [7, 11) is 0. The summed E-state index contributed by atoms with van der Waals surface area (Å²) >= 11 is 10.9. The molecule has 0 aliphatic heterocycles. The molecule has 0 aliphatic rings. The number of rotatable bonds is 2. The largest absolute Gasteiger partial charge is 0.457 e. The van der Waals surface area contributed by atoms with E-state index >= 15 is 0 Å². The summed E-state index contributed by atoms with van der Waals surface area (Å²) in [5.41, 5.74) is 0.735. The van der Waals surface area contributed by atoms with Gasteiger partial charge in [0.15, 0.2) is 0 Å². The average molecular weight is 344 g/mol. The lowest BCUT2D eigenvalue weighted by atomic mass is 10.2. The number of aliphatic hydroxyl groups is 1. The Bertz CT molecular complexity index is 704. The third-order valence-corrected chi connectivity index (χ3v) is 4.71. The van der Waals surface area contributed by atoms with Gasteiger partial charge in [-0.3, -0.25) is 0 Å². The van der Waals surface area contributed by atoms with E-state index in [1.807, 2.05) is 29.6 Å². The summed E-state index contributed by atoms with van der Waals surface area (Å²) in [5, 5.41) is 13.6. The number of fused-ring (bicyclic) bond motifs is 1. The number of furan rings is 1. The van der Waals surface area contributed by atoms with Crippen LogP contribution in [0.4, 0.5) is 0 Å². The molecule has 0 radical (unpaired) electrons. The number of benzene rings is 1. The van der Waals surface area contributed by atoms with Crippen molar-refractivity contribution in [2.45, 2.75) is 6.10 Å². The molecule has 1 aromatic carbocycles. The zero-order chi connectivity index (χ0) is 12.7. The van der Waals surface area contributed by atoms with Crippen molar-refractivity contribution in [1.29, 1.82) is 0 Å². The molecule has 3 aromatic rings. The molecule has 1 atom stereocenters. The van der Waals surface area contributed by atoms with Crippen molar-refractivity contribution in [3.05, 3.63) is 55.8 Å². The van der Waals surface area contributed by atoms with Crippen molar-refractivity contribution < 1.29 is 9.52 Å². The fourth-order valence-corrected chi connectivity index (χ4v) is 3.43. The molecule has 0 aliphatic carbocycles. The zero-order valence-corrected chi connectivity index (χ0v) is 12.2. The number of halogens is 2. The highest BCUT2D eigenvalue weighted by Crippen LogP contribution is 2.36. The molecule has 92 valence electrons. The molecule has 0 fully saturated rings. The Kier molecular flexibility index (Phi) is 3.20. The predicted molar refractivity (Wildman–Crippen MR) is 77.3 cm³/mol. The van der Waals surface area contributed by atoms with Crippen LogP contribution in [0.5, 0.6) is 0 Å². The second kappa shape index (κ2) is 4.70. The Labute approximate surface area is 121 Å². The number of hydrogen-bond acceptors (Lipinski definition) is 3. The van der Waals surface area contributed by atoms with Crippen molar-refractivity contribution in [2.75, 3.05) is 0 Å². The second-order valence-electron chi connectivity index (χ2n) is 3.84. The summed E-state index contributed by atoms with van der Waals surface area (Å²) in [6.07, 6.45) is -0.822. The van der Waals surface area contributed by atoms with Gasteiger partial charge in [-0.15, -0.1) is 11.3 Å². The van der Waals surface area contributed by atoms with Crippen LogP contribution in [-0.4, -0.2) is 5.11 Å². The first-order chi connectivity index (χ1) is 8.66. The van der Waals surface area contributed by atoms with E-state index in [2.05, 4.69) is 15.9 Å². The fraction of sp³-hybridized carbons (Fsp3) is 0.0769. The number of hydrogen-bond donors (Lipinski definition) is 1. The van der Waals surface area contributed by atoms with E-state index in [1.54, 1.807) is 6.07 Å². The summed E-state index contributed by atoms with van der Waals surface area (Å²) < 4.78 is 6.56. The molecule has 1 N–H and O–H groups in total. The van der Waals surface area contributed by atoms with Crippen LogP contribution in [0.25, 0.3) is 11.0 Å². The summed E-state index contributed by atoms with van der Waals surface area (Å²) in [6.45, 7) is 0. The van der Waals surface area contributed by atoms with E-state index in [1.165, 1.54) is 11.3 Å². The van der Waals surface area contributed by atoms with Crippen LogP contribution in [-0.2, 0) is 0 Å². The summed E-state index contributed by atoms with van der Waals surface area (Å²) in [5.74, 6) is 0.501. The van der Waals surface area contributed by atoms with Gasteiger partial charge in [-0.1, -0.05) is 23.7 Å². The highest BCUT2D eigenvalue weighted by molar-refractivity contribution is 9.10. The van der Waals surface area contributed by atoms with Crippen LogP contribution in [0, 0.1) is 0 Å². The molecule has 1 unspecified atom stereocenters. The molecular formula is C13H8BrClO2S. The van der Waals surface area contributed by atoms with Gasteiger partial charge in [0.1, 0.15) is 17.4 Å². The molecule has 0 spiro atoms. The summed E-state index contributed by atoms with van der Waals surface area (Å²) in [6, 6.07) is 9.37. The van der Waals surface area contributed by atoms with Gasteiger partial charge in [0, 0.05) is 5.39 Å². The highest BCUT2D eigenvalue weighted by atomic mass is 79.9. The summed E-state index contributed by atoms with van der Waals surface area (Å²) in [4.78, 5) is 0.701. The molecule has 0 bridgehead atoms. The maximum atomic E-state index is 10.3. The first kappa shape index (κ1) is 12.2. The van der Waals surface area contributed by atoms with Gasteiger partial charge in [-0.25, -0.2) is 0 Å². The van der Waals surface area contributed by atoms with Crippen LogP contribution in [0.2, 0.25) is 5.02 Å². The van der Waals surface area contributed by atoms with Gasteiger partial charge in [0.25, 0.3) is 0 Å². The van der Waals surface area contributed by atoms with Gasteiger partial charge in [-0.2, -0.15) is 0 Å². The van der Waals surface area contributed by atoms with Crippen LogP contribution >= 0.6 is 38.9 Å². The molecule has 0 amide bonds. The van der Waals surface area contributed by atoms with Gasteiger partial charge in [0.2, 0.25) is 0 Å². The normalized spacial score (nSPS) is 13.1. The minimum absolute atomic E-state index is 0.501. The predicted octanol–water partition coefficient (Wildman–Crippen LogP) is 4.99. The zero-order valence-electron chi connectivity index (χ0n) is 9.06. The maximum Gasteiger partial charge on any atom is 0.148 e. The van der Waals surface area contributed by atoms with Gasteiger partial charge < -0.3 is 9.52 Å². The lowest BCUT2D eigenvalue weighted by molar-refractivity contribution is 0.196. The average Bonchev–Trinajstić information content (AvgIpc) is 2.95. The first-order valence-corrected chi connectivity index (χ1v) is 7.31. The monoisotopic (exact) mass is 342 g/mol. The van der Waals surface area contributed by atoms with Crippen molar-refractivity contribution in [1.82, 2.24) is 0 Å². The Morgan fingerprint density at radius 1 is 1.33 bits per heavy atom. The number of aliphatic hydroxyl groups excluding tert-OH is 1. The molecule has 2 aromatic heterocycles. The topological polar surface area (TPSA) is 33.4 Å². The Morgan fingerprint density at radius 3 is 2.83 bits per heavy atom. The molecule has 5 heteroatoms. The van der Waals surface area contributed by atoms with Gasteiger partial charge >= 0.3 is 0 Å². The van der Waals surface area contributed by atoms with Crippen molar-refractivity contribution in [3.8, 4) is 0 Å².